The van der Waals surface area contributed by atoms with Crippen molar-refractivity contribution >= 4 is 33.2 Å². The van der Waals surface area contributed by atoms with E-state index in [2.05, 4.69) is 5.32 Å². The fraction of sp³-hybridized carbons (Fsp3) is 0.364. The first-order valence-electron chi connectivity index (χ1n) is 10.4. The van der Waals surface area contributed by atoms with Crippen molar-refractivity contribution in [2.75, 3.05) is 49.7 Å². The molecule has 2 aliphatic heterocycles. The van der Waals surface area contributed by atoms with E-state index < -0.39 is 15.9 Å². The zero-order valence-corrected chi connectivity index (χ0v) is 18.6. The highest BCUT2D eigenvalue weighted by Crippen LogP contribution is 2.35. The standard InChI is InChI=1S/C22H25N3O6S/c1-2-16-4-3-5-17(12-16)23-21(26)14-25-19-13-18(6-7-20(19)31-15-22(25)27)32(28,29)24-8-10-30-11-9-24/h3-7,12-13H,2,8-11,14-15H2,1H3,(H,23,26). The average molecular weight is 460 g/mol. The number of aryl methyl sites for hydroxylation is 1. The van der Waals surface area contributed by atoms with E-state index in [1.165, 1.54) is 27.4 Å². The number of carbonyl (C=O) groups excluding carboxylic acids is 2. The minimum absolute atomic E-state index is 0.0394. The summed E-state index contributed by atoms with van der Waals surface area (Å²) >= 11 is 0. The third-order valence-corrected chi connectivity index (χ3v) is 7.30. The maximum atomic E-state index is 13.0. The predicted octanol–water partition coefficient (Wildman–Crippen LogP) is 1.63. The van der Waals surface area contributed by atoms with Crippen LogP contribution in [-0.4, -0.2) is 64.0 Å². The summed E-state index contributed by atoms with van der Waals surface area (Å²) in [4.78, 5) is 26.5. The van der Waals surface area contributed by atoms with Crippen LogP contribution < -0.4 is 15.0 Å². The first kappa shape index (κ1) is 22.3. The highest BCUT2D eigenvalue weighted by molar-refractivity contribution is 7.89. The van der Waals surface area contributed by atoms with Gasteiger partial charge in [-0.15, -0.1) is 0 Å². The summed E-state index contributed by atoms with van der Waals surface area (Å²) in [6, 6.07) is 11.8. The number of amides is 2. The lowest BCUT2D eigenvalue weighted by molar-refractivity contribution is -0.123. The predicted molar refractivity (Wildman–Crippen MR) is 118 cm³/mol. The monoisotopic (exact) mass is 459 g/mol. The number of fused-ring (bicyclic) bond motifs is 1. The van der Waals surface area contributed by atoms with Gasteiger partial charge in [0.1, 0.15) is 12.3 Å². The summed E-state index contributed by atoms with van der Waals surface area (Å²) in [6.07, 6.45) is 0.833. The van der Waals surface area contributed by atoms with Gasteiger partial charge in [-0.25, -0.2) is 8.42 Å². The second-order valence-corrected chi connectivity index (χ2v) is 9.45. The van der Waals surface area contributed by atoms with Gasteiger partial charge >= 0.3 is 0 Å². The highest BCUT2D eigenvalue weighted by atomic mass is 32.2. The van der Waals surface area contributed by atoms with Crippen molar-refractivity contribution in [3.05, 3.63) is 48.0 Å². The normalized spacial score (nSPS) is 16.9. The van der Waals surface area contributed by atoms with Gasteiger partial charge in [-0.1, -0.05) is 19.1 Å². The highest BCUT2D eigenvalue weighted by Gasteiger charge is 2.32. The maximum Gasteiger partial charge on any atom is 0.265 e. The molecule has 2 aromatic carbocycles. The van der Waals surface area contributed by atoms with Crippen molar-refractivity contribution in [2.24, 2.45) is 0 Å². The van der Waals surface area contributed by atoms with Gasteiger partial charge in [0.05, 0.1) is 23.8 Å². The van der Waals surface area contributed by atoms with Crippen LogP contribution in [0.2, 0.25) is 0 Å². The molecule has 0 bridgehead atoms. The van der Waals surface area contributed by atoms with Gasteiger partial charge in [-0.05, 0) is 42.3 Å². The summed E-state index contributed by atoms with van der Waals surface area (Å²) in [6.45, 7) is 2.73. The quantitative estimate of drug-likeness (QED) is 0.704. The molecule has 0 radical (unpaired) electrons. The van der Waals surface area contributed by atoms with E-state index in [9.17, 15) is 18.0 Å². The van der Waals surface area contributed by atoms with Crippen LogP contribution in [0.25, 0.3) is 0 Å². The minimum atomic E-state index is -3.76. The van der Waals surface area contributed by atoms with E-state index in [1.807, 2.05) is 25.1 Å². The smallest absolute Gasteiger partial charge is 0.265 e. The molecule has 1 N–H and O–H groups in total. The van der Waals surface area contributed by atoms with Crippen molar-refractivity contribution in [3.63, 3.8) is 0 Å². The number of anilines is 2. The average Bonchev–Trinajstić information content (AvgIpc) is 2.81. The summed E-state index contributed by atoms with van der Waals surface area (Å²) in [7, 11) is -3.76. The summed E-state index contributed by atoms with van der Waals surface area (Å²) in [5.41, 5.74) is 1.97. The fourth-order valence-corrected chi connectivity index (χ4v) is 5.09. The van der Waals surface area contributed by atoms with Gasteiger partial charge in [-0.2, -0.15) is 4.31 Å². The number of nitrogens with one attached hydrogen (secondary N) is 1. The van der Waals surface area contributed by atoms with E-state index >= 15 is 0 Å². The van der Waals surface area contributed by atoms with Crippen molar-refractivity contribution < 1.29 is 27.5 Å². The number of hydrogen-bond donors (Lipinski definition) is 1. The van der Waals surface area contributed by atoms with Crippen LogP contribution in [-0.2, 0) is 30.8 Å². The lowest BCUT2D eigenvalue weighted by Gasteiger charge is -2.30. The second-order valence-electron chi connectivity index (χ2n) is 7.52. The van der Waals surface area contributed by atoms with Crippen LogP contribution in [0, 0.1) is 0 Å². The number of ether oxygens (including phenoxy) is 2. The molecule has 0 unspecified atom stereocenters. The lowest BCUT2D eigenvalue weighted by Crippen LogP contribution is -2.44. The molecule has 1 saturated heterocycles. The van der Waals surface area contributed by atoms with Crippen LogP contribution in [0.5, 0.6) is 5.75 Å². The van der Waals surface area contributed by atoms with Crippen LogP contribution in [0.4, 0.5) is 11.4 Å². The molecule has 2 heterocycles. The SMILES string of the molecule is CCc1cccc(NC(=O)CN2C(=O)COc3ccc(S(=O)(=O)N4CCOCC4)cc32)c1. The molecule has 0 spiro atoms. The van der Waals surface area contributed by atoms with Gasteiger partial charge in [0, 0.05) is 18.8 Å². The van der Waals surface area contributed by atoms with Crippen LogP contribution in [0.3, 0.4) is 0 Å². The summed E-state index contributed by atoms with van der Waals surface area (Å²) < 4.78 is 38.1. The molecule has 2 aliphatic rings. The fourth-order valence-electron chi connectivity index (χ4n) is 3.66. The molecule has 4 rings (SSSR count). The third-order valence-electron chi connectivity index (χ3n) is 5.40. The molecule has 10 heteroatoms. The van der Waals surface area contributed by atoms with E-state index in [0.29, 0.717) is 24.7 Å². The molecule has 0 atom stereocenters. The van der Waals surface area contributed by atoms with Crippen molar-refractivity contribution in [1.29, 1.82) is 0 Å². The Labute approximate surface area is 187 Å². The molecular weight excluding hydrogens is 434 g/mol. The molecule has 32 heavy (non-hydrogen) atoms. The first-order chi connectivity index (χ1) is 15.4. The van der Waals surface area contributed by atoms with Crippen molar-refractivity contribution in [3.8, 4) is 5.75 Å². The third kappa shape index (κ3) is 4.62. The maximum absolute atomic E-state index is 13.0. The Balaban J connectivity index is 1.57. The number of nitrogens with zero attached hydrogens (tertiary/aromatic N) is 2. The largest absolute Gasteiger partial charge is 0.482 e. The number of morpholine rings is 1. The molecule has 0 saturated carbocycles. The Morgan fingerprint density at radius 3 is 2.66 bits per heavy atom. The van der Waals surface area contributed by atoms with E-state index in [0.717, 1.165) is 12.0 Å². The van der Waals surface area contributed by atoms with E-state index in [4.69, 9.17) is 9.47 Å². The Bertz CT molecular complexity index is 1130. The number of carbonyl (C=O) groups is 2. The topological polar surface area (TPSA) is 105 Å². The number of hydrogen-bond acceptors (Lipinski definition) is 6. The zero-order chi connectivity index (χ0) is 22.7. The van der Waals surface area contributed by atoms with Gasteiger partial charge < -0.3 is 14.8 Å². The van der Waals surface area contributed by atoms with Crippen LogP contribution in [0.1, 0.15) is 12.5 Å². The summed E-state index contributed by atoms with van der Waals surface area (Å²) in [5.74, 6) is -0.455. The van der Waals surface area contributed by atoms with Crippen LogP contribution >= 0.6 is 0 Å². The Morgan fingerprint density at radius 2 is 1.91 bits per heavy atom. The van der Waals surface area contributed by atoms with Gasteiger partial charge in [0.2, 0.25) is 15.9 Å². The lowest BCUT2D eigenvalue weighted by atomic mass is 10.1. The van der Waals surface area contributed by atoms with Gasteiger partial charge in [0.25, 0.3) is 5.91 Å². The molecule has 2 aromatic rings. The number of rotatable bonds is 6. The number of benzene rings is 2. The van der Waals surface area contributed by atoms with E-state index in [-0.39, 0.29) is 42.7 Å². The second kappa shape index (κ2) is 9.27. The summed E-state index contributed by atoms with van der Waals surface area (Å²) in [5, 5.41) is 2.80. The molecule has 1 fully saturated rings. The van der Waals surface area contributed by atoms with Crippen molar-refractivity contribution in [2.45, 2.75) is 18.2 Å². The Kier molecular flexibility index (Phi) is 6.45. The number of sulfonamides is 1. The zero-order valence-electron chi connectivity index (χ0n) is 17.7. The van der Waals surface area contributed by atoms with Gasteiger partial charge in [0.15, 0.2) is 6.61 Å². The van der Waals surface area contributed by atoms with Gasteiger partial charge in [-0.3, -0.25) is 14.5 Å². The minimum Gasteiger partial charge on any atom is -0.482 e. The molecule has 0 aliphatic carbocycles. The Morgan fingerprint density at radius 1 is 1.12 bits per heavy atom. The Hall–Kier alpha value is -2.95. The molecular formula is C22H25N3O6S. The molecule has 9 nitrogen and oxygen atoms in total. The molecule has 0 aromatic heterocycles. The van der Waals surface area contributed by atoms with Crippen LogP contribution in [0.15, 0.2) is 47.4 Å². The first-order valence-corrected chi connectivity index (χ1v) is 11.9. The van der Waals surface area contributed by atoms with E-state index in [1.54, 1.807) is 6.07 Å². The molecule has 170 valence electrons. The van der Waals surface area contributed by atoms with Crippen molar-refractivity contribution in [1.82, 2.24) is 4.31 Å². The molecule has 2 amide bonds.